The molecule has 0 aliphatic heterocycles. The number of nitrogens with zero attached hydrogens (tertiary/aromatic N) is 2. The van der Waals surface area contributed by atoms with Crippen molar-refractivity contribution in [1.29, 1.82) is 0 Å². The van der Waals surface area contributed by atoms with Crippen LogP contribution < -0.4 is 0 Å². The van der Waals surface area contributed by atoms with Gasteiger partial charge in [-0.2, -0.15) is 0 Å². The monoisotopic (exact) mass is 318 g/mol. The summed E-state index contributed by atoms with van der Waals surface area (Å²) in [5, 5.41) is 0.686. The maximum Gasteiger partial charge on any atom is 0.111 e. The van der Waals surface area contributed by atoms with E-state index in [1.807, 2.05) is 12.1 Å². The zero-order chi connectivity index (χ0) is 14.8. The van der Waals surface area contributed by atoms with Gasteiger partial charge in [-0.25, -0.2) is 4.98 Å². The third-order valence-corrected chi connectivity index (χ3v) is 4.08. The molecule has 0 saturated carbocycles. The number of hydrogen-bond acceptors (Lipinski definition) is 1. The number of benzene rings is 2. The molecule has 0 aliphatic rings. The molecule has 3 rings (SSSR count). The van der Waals surface area contributed by atoms with Gasteiger partial charge in [0.15, 0.2) is 0 Å². The van der Waals surface area contributed by atoms with Gasteiger partial charge in [0.05, 0.1) is 10.5 Å². The molecule has 0 fully saturated rings. The number of halogens is 2. The van der Waals surface area contributed by atoms with E-state index in [-0.39, 0.29) is 0 Å². The first-order valence-corrected chi connectivity index (χ1v) is 7.85. The van der Waals surface area contributed by atoms with E-state index in [1.165, 1.54) is 11.1 Å². The molecule has 1 heterocycles. The minimum Gasteiger partial charge on any atom is -0.323 e. The predicted molar refractivity (Wildman–Crippen MR) is 89.4 cm³/mol. The van der Waals surface area contributed by atoms with Crippen molar-refractivity contribution in [2.45, 2.75) is 19.9 Å². The lowest BCUT2D eigenvalue weighted by atomic mass is 10.1. The summed E-state index contributed by atoms with van der Waals surface area (Å²) >= 11 is 12.2. The van der Waals surface area contributed by atoms with Gasteiger partial charge >= 0.3 is 0 Å². The fourth-order valence-corrected chi connectivity index (χ4v) is 2.87. The molecule has 2 aromatic carbocycles. The van der Waals surface area contributed by atoms with Crippen LogP contribution in [0.2, 0.25) is 5.02 Å². The molecule has 108 valence electrons. The minimum atomic E-state index is 0.550. The molecule has 0 unspecified atom stereocenters. The number of fused-ring (bicyclic) bond motifs is 1. The second-order valence-corrected chi connectivity index (χ2v) is 5.93. The minimum absolute atomic E-state index is 0.550. The highest BCUT2D eigenvalue weighted by molar-refractivity contribution is 6.34. The second-order valence-electron chi connectivity index (χ2n) is 5.15. The second kappa shape index (κ2) is 6.08. The largest absolute Gasteiger partial charge is 0.323 e. The Labute approximate surface area is 134 Å². The van der Waals surface area contributed by atoms with Crippen molar-refractivity contribution in [2.75, 3.05) is 5.88 Å². The van der Waals surface area contributed by atoms with Crippen molar-refractivity contribution in [2.24, 2.45) is 0 Å². The van der Waals surface area contributed by atoms with Crippen LogP contribution in [0.4, 0.5) is 0 Å². The summed E-state index contributed by atoms with van der Waals surface area (Å²) in [6.07, 6.45) is 0.735. The number of aryl methyl sites for hydroxylation is 2. The first kappa shape index (κ1) is 14.4. The molecule has 0 N–H and O–H groups in total. The third kappa shape index (κ3) is 2.92. The van der Waals surface area contributed by atoms with Crippen molar-refractivity contribution < 1.29 is 0 Å². The summed E-state index contributed by atoms with van der Waals surface area (Å²) < 4.78 is 2.20. The zero-order valence-electron chi connectivity index (χ0n) is 11.8. The Morgan fingerprint density at radius 2 is 1.86 bits per heavy atom. The molecule has 0 amide bonds. The highest BCUT2D eigenvalue weighted by Gasteiger charge is 2.12. The molecule has 0 bridgehead atoms. The third-order valence-electron chi connectivity index (χ3n) is 3.59. The van der Waals surface area contributed by atoms with Crippen molar-refractivity contribution in [3.8, 4) is 0 Å². The summed E-state index contributed by atoms with van der Waals surface area (Å²) in [6, 6.07) is 14.4. The molecular weight excluding hydrogens is 303 g/mol. The average molecular weight is 319 g/mol. The quantitative estimate of drug-likeness (QED) is 0.630. The SMILES string of the molecule is Cc1ccc(Cn2c(CCCl)nc3c(Cl)cccc32)cc1. The van der Waals surface area contributed by atoms with E-state index < -0.39 is 0 Å². The van der Waals surface area contributed by atoms with Crippen molar-refractivity contribution in [3.05, 3.63) is 64.4 Å². The molecule has 3 aromatic rings. The maximum absolute atomic E-state index is 6.26. The topological polar surface area (TPSA) is 17.8 Å². The van der Waals surface area contributed by atoms with Gasteiger partial charge in [0, 0.05) is 18.8 Å². The lowest BCUT2D eigenvalue weighted by molar-refractivity contribution is 0.754. The molecule has 2 nitrogen and oxygen atoms in total. The smallest absolute Gasteiger partial charge is 0.111 e. The van der Waals surface area contributed by atoms with Crippen LogP contribution in [0.25, 0.3) is 11.0 Å². The van der Waals surface area contributed by atoms with E-state index >= 15 is 0 Å². The Morgan fingerprint density at radius 3 is 2.57 bits per heavy atom. The molecule has 0 saturated heterocycles. The van der Waals surface area contributed by atoms with Gasteiger partial charge in [-0.15, -0.1) is 11.6 Å². The lowest BCUT2D eigenvalue weighted by Crippen LogP contribution is -2.06. The molecule has 0 radical (unpaired) electrons. The van der Waals surface area contributed by atoms with Crippen LogP contribution >= 0.6 is 23.2 Å². The maximum atomic E-state index is 6.26. The molecular formula is C17H16Cl2N2. The van der Waals surface area contributed by atoms with Gasteiger partial charge in [-0.3, -0.25) is 0 Å². The predicted octanol–water partition coefficient (Wildman–Crippen LogP) is 4.83. The number of alkyl halides is 1. The van der Waals surface area contributed by atoms with Crippen LogP contribution in [0.1, 0.15) is 17.0 Å². The summed E-state index contributed by atoms with van der Waals surface area (Å²) in [5.41, 5.74) is 4.42. The first-order chi connectivity index (χ1) is 10.2. The van der Waals surface area contributed by atoms with Gasteiger partial charge in [-0.05, 0) is 24.6 Å². The number of imidazole rings is 1. The van der Waals surface area contributed by atoms with E-state index in [0.717, 1.165) is 29.8 Å². The normalized spacial score (nSPS) is 11.2. The Hall–Kier alpha value is -1.51. The van der Waals surface area contributed by atoms with Crippen molar-refractivity contribution in [3.63, 3.8) is 0 Å². The number of rotatable bonds is 4. The van der Waals surface area contributed by atoms with Gasteiger partial charge in [0.25, 0.3) is 0 Å². The highest BCUT2D eigenvalue weighted by atomic mass is 35.5. The first-order valence-electron chi connectivity index (χ1n) is 6.94. The molecule has 0 aliphatic carbocycles. The van der Waals surface area contributed by atoms with Crippen LogP contribution in [-0.4, -0.2) is 15.4 Å². The van der Waals surface area contributed by atoms with Crippen LogP contribution in [0.15, 0.2) is 42.5 Å². The average Bonchev–Trinajstić information content (AvgIpc) is 2.82. The Kier molecular flexibility index (Phi) is 4.18. The fraction of sp³-hybridized carbons (Fsp3) is 0.235. The molecule has 4 heteroatoms. The summed E-state index contributed by atoms with van der Waals surface area (Å²) in [6.45, 7) is 2.87. The van der Waals surface area contributed by atoms with Crippen LogP contribution in [0, 0.1) is 6.92 Å². The van der Waals surface area contributed by atoms with Crippen LogP contribution in [-0.2, 0) is 13.0 Å². The molecule has 0 atom stereocenters. The van der Waals surface area contributed by atoms with Crippen LogP contribution in [0.5, 0.6) is 0 Å². The van der Waals surface area contributed by atoms with Gasteiger partial charge in [0.1, 0.15) is 11.3 Å². The van der Waals surface area contributed by atoms with E-state index in [9.17, 15) is 0 Å². The molecule has 0 spiro atoms. The van der Waals surface area contributed by atoms with E-state index in [4.69, 9.17) is 23.2 Å². The lowest BCUT2D eigenvalue weighted by Gasteiger charge is -2.09. The van der Waals surface area contributed by atoms with Crippen molar-refractivity contribution >= 4 is 34.2 Å². The summed E-state index contributed by atoms with van der Waals surface area (Å²) in [5.74, 6) is 1.53. The Balaban J connectivity index is 2.08. The van der Waals surface area contributed by atoms with Gasteiger partial charge < -0.3 is 4.57 Å². The Bertz CT molecular complexity index is 760. The zero-order valence-corrected chi connectivity index (χ0v) is 13.3. The number of hydrogen-bond donors (Lipinski definition) is 0. The summed E-state index contributed by atoms with van der Waals surface area (Å²) in [4.78, 5) is 4.66. The molecule has 1 aromatic heterocycles. The van der Waals surface area contributed by atoms with Gasteiger partial charge in [0.2, 0.25) is 0 Å². The highest BCUT2D eigenvalue weighted by Crippen LogP contribution is 2.25. The van der Waals surface area contributed by atoms with E-state index in [1.54, 1.807) is 0 Å². The fourth-order valence-electron chi connectivity index (χ4n) is 2.49. The number of aromatic nitrogens is 2. The van der Waals surface area contributed by atoms with E-state index in [2.05, 4.69) is 46.8 Å². The summed E-state index contributed by atoms with van der Waals surface area (Å²) in [7, 11) is 0. The standard InChI is InChI=1S/C17H16Cl2N2/c1-12-5-7-13(8-6-12)11-21-15-4-2-3-14(19)17(15)20-16(21)9-10-18/h2-8H,9-11H2,1H3. The van der Waals surface area contributed by atoms with Gasteiger partial charge in [-0.1, -0.05) is 47.5 Å². The number of para-hydroxylation sites is 1. The molecule has 21 heavy (non-hydrogen) atoms. The van der Waals surface area contributed by atoms with E-state index in [0.29, 0.717) is 10.9 Å². The van der Waals surface area contributed by atoms with Crippen LogP contribution in [0.3, 0.4) is 0 Å². The van der Waals surface area contributed by atoms with Crippen molar-refractivity contribution in [1.82, 2.24) is 9.55 Å². The Morgan fingerprint density at radius 1 is 1.10 bits per heavy atom.